The second-order valence-corrected chi connectivity index (χ2v) is 9.21. The molecule has 0 aliphatic rings. The van der Waals surface area contributed by atoms with Crippen LogP contribution in [0.5, 0.6) is 5.75 Å². The number of carbonyl (C=O) groups is 1. The second-order valence-electron chi connectivity index (χ2n) is 9.21. The van der Waals surface area contributed by atoms with Crippen molar-refractivity contribution in [3.05, 3.63) is 39.3 Å². The monoisotopic (exact) mass is 331 g/mol. The van der Waals surface area contributed by atoms with Gasteiger partial charge < -0.3 is 4.74 Å². The fourth-order valence-electron chi connectivity index (χ4n) is 2.43. The van der Waals surface area contributed by atoms with E-state index in [0.717, 1.165) is 11.1 Å². The van der Waals surface area contributed by atoms with Crippen molar-refractivity contribution in [2.75, 3.05) is 0 Å². The number of nitrogens with zero attached hydrogens (tertiary/aromatic N) is 3. The van der Waals surface area contributed by atoms with Crippen LogP contribution >= 0.6 is 0 Å². The van der Waals surface area contributed by atoms with Crippen molar-refractivity contribution in [2.24, 2.45) is 5.11 Å². The standard InChI is InChI=1S/C19H29N3O2/c1-17(2,3)12-10-13(18(4,5)6)15(24-16(23)21-22-20)14(11-12)19(7,8)9/h10-11H,1-9H3. The van der Waals surface area contributed by atoms with Gasteiger partial charge in [0.2, 0.25) is 0 Å². The van der Waals surface area contributed by atoms with Crippen molar-refractivity contribution >= 4 is 6.09 Å². The Morgan fingerprint density at radius 3 is 1.62 bits per heavy atom. The summed E-state index contributed by atoms with van der Waals surface area (Å²) in [4.78, 5) is 14.3. The van der Waals surface area contributed by atoms with Crippen LogP contribution in [0.1, 0.15) is 79.0 Å². The van der Waals surface area contributed by atoms with Crippen molar-refractivity contribution in [3.8, 4) is 5.75 Å². The molecule has 0 unspecified atom stereocenters. The molecule has 132 valence electrons. The highest BCUT2D eigenvalue weighted by atomic mass is 16.6. The molecule has 0 aliphatic carbocycles. The van der Waals surface area contributed by atoms with Gasteiger partial charge >= 0.3 is 6.09 Å². The van der Waals surface area contributed by atoms with Gasteiger partial charge in [0.15, 0.2) is 0 Å². The van der Waals surface area contributed by atoms with Gasteiger partial charge in [0.05, 0.1) is 0 Å². The Hall–Kier alpha value is -2.00. The summed E-state index contributed by atoms with van der Waals surface area (Å²) >= 11 is 0. The predicted molar refractivity (Wildman–Crippen MR) is 97.7 cm³/mol. The molecular formula is C19H29N3O2. The molecule has 0 aromatic heterocycles. The highest BCUT2D eigenvalue weighted by Crippen LogP contribution is 2.43. The summed E-state index contributed by atoms with van der Waals surface area (Å²) in [5.74, 6) is 0.500. The lowest BCUT2D eigenvalue weighted by molar-refractivity contribution is 0.208. The topological polar surface area (TPSA) is 75.1 Å². The van der Waals surface area contributed by atoms with Gasteiger partial charge in [0, 0.05) is 21.2 Å². The van der Waals surface area contributed by atoms with E-state index in [0.29, 0.717) is 5.75 Å². The van der Waals surface area contributed by atoms with Crippen LogP contribution in [0.25, 0.3) is 10.4 Å². The largest absolute Gasteiger partial charge is 0.421 e. The molecule has 5 heteroatoms. The Morgan fingerprint density at radius 2 is 1.33 bits per heavy atom. The summed E-state index contributed by atoms with van der Waals surface area (Å²) in [5.41, 5.74) is 11.0. The van der Waals surface area contributed by atoms with Crippen LogP contribution in [0.4, 0.5) is 4.79 Å². The van der Waals surface area contributed by atoms with Gasteiger partial charge in [-0.05, 0) is 27.3 Å². The number of carbonyl (C=O) groups excluding carboxylic acids is 1. The highest BCUT2D eigenvalue weighted by molar-refractivity contribution is 5.73. The number of azide groups is 1. The van der Waals surface area contributed by atoms with Gasteiger partial charge in [0.1, 0.15) is 5.75 Å². The SMILES string of the molecule is CC(C)(C)c1cc(C(C)(C)C)c(OC(=O)N=[N+]=[N-])c(C(C)(C)C)c1. The zero-order chi connectivity index (χ0) is 18.9. The zero-order valence-corrected chi connectivity index (χ0v) is 16.3. The zero-order valence-electron chi connectivity index (χ0n) is 16.3. The summed E-state index contributed by atoms with van der Waals surface area (Å²) in [6, 6.07) is 4.18. The number of hydrogen-bond acceptors (Lipinski definition) is 2. The van der Waals surface area contributed by atoms with E-state index in [1.807, 2.05) is 0 Å². The highest BCUT2D eigenvalue weighted by Gasteiger charge is 2.31. The van der Waals surface area contributed by atoms with Crippen LogP contribution < -0.4 is 4.74 Å². The van der Waals surface area contributed by atoms with E-state index in [4.69, 9.17) is 10.3 Å². The normalized spacial score (nSPS) is 12.5. The van der Waals surface area contributed by atoms with Gasteiger partial charge in [-0.25, -0.2) is 4.79 Å². The fraction of sp³-hybridized carbons (Fsp3) is 0.632. The lowest BCUT2D eigenvalue weighted by Crippen LogP contribution is -2.23. The smallest absolute Gasteiger partial charge is 0.402 e. The summed E-state index contributed by atoms with van der Waals surface area (Å²) in [6.45, 7) is 18.9. The van der Waals surface area contributed by atoms with Crippen molar-refractivity contribution < 1.29 is 9.53 Å². The molecule has 1 aromatic carbocycles. The molecule has 24 heavy (non-hydrogen) atoms. The number of ether oxygens (including phenoxy) is 1. The minimum Gasteiger partial charge on any atom is -0.421 e. The Labute approximate surface area is 145 Å². The molecule has 1 rings (SSSR count). The van der Waals surface area contributed by atoms with E-state index in [2.05, 4.69) is 84.5 Å². The maximum Gasteiger partial charge on any atom is 0.402 e. The third kappa shape index (κ3) is 4.75. The van der Waals surface area contributed by atoms with Crippen molar-refractivity contribution in [1.82, 2.24) is 0 Å². The minimum atomic E-state index is -0.933. The maximum atomic E-state index is 11.8. The van der Waals surface area contributed by atoms with E-state index >= 15 is 0 Å². The molecule has 0 aliphatic heterocycles. The van der Waals surface area contributed by atoms with Crippen LogP contribution in [0.15, 0.2) is 17.2 Å². The molecular weight excluding hydrogens is 302 g/mol. The molecule has 1 amide bonds. The van der Waals surface area contributed by atoms with Gasteiger partial charge in [-0.3, -0.25) is 0 Å². The Bertz CT molecular complexity index is 645. The maximum absolute atomic E-state index is 11.8. The molecule has 0 saturated carbocycles. The molecule has 0 atom stereocenters. The predicted octanol–water partition coefficient (Wildman–Crippen LogP) is 6.39. The van der Waals surface area contributed by atoms with Crippen LogP contribution in [0, 0.1) is 0 Å². The lowest BCUT2D eigenvalue weighted by Gasteiger charge is -2.32. The second kappa shape index (κ2) is 6.48. The molecule has 0 fully saturated rings. The molecule has 0 spiro atoms. The number of rotatable bonds is 1. The fourth-order valence-corrected chi connectivity index (χ4v) is 2.43. The van der Waals surface area contributed by atoms with Crippen molar-refractivity contribution in [2.45, 2.75) is 78.6 Å². The van der Waals surface area contributed by atoms with E-state index in [-0.39, 0.29) is 16.2 Å². The molecule has 1 aromatic rings. The van der Waals surface area contributed by atoms with Crippen LogP contribution in [0.2, 0.25) is 0 Å². The van der Waals surface area contributed by atoms with Gasteiger partial charge in [0.25, 0.3) is 0 Å². The Morgan fingerprint density at radius 1 is 0.917 bits per heavy atom. The van der Waals surface area contributed by atoms with E-state index < -0.39 is 6.09 Å². The van der Waals surface area contributed by atoms with Crippen LogP contribution in [-0.2, 0) is 16.2 Å². The number of benzene rings is 1. The molecule has 0 N–H and O–H groups in total. The van der Waals surface area contributed by atoms with E-state index in [9.17, 15) is 4.79 Å². The van der Waals surface area contributed by atoms with Crippen LogP contribution in [0.3, 0.4) is 0 Å². The van der Waals surface area contributed by atoms with Crippen LogP contribution in [-0.4, -0.2) is 6.09 Å². The van der Waals surface area contributed by atoms with Gasteiger partial charge in [-0.15, -0.1) is 0 Å². The summed E-state index contributed by atoms with van der Waals surface area (Å²) in [5, 5.41) is 3.06. The van der Waals surface area contributed by atoms with Crippen molar-refractivity contribution in [1.29, 1.82) is 0 Å². The van der Waals surface area contributed by atoms with E-state index in [1.165, 1.54) is 5.56 Å². The molecule has 0 bridgehead atoms. The first-order chi connectivity index (χ1) is 10.7. The molecule has 0 radical (unpaired) electrons. The van der Waals surface area contributed by atoms with E-state index in [1.54, 1.807) is 0 Å². The molecule has 0 heterocycles. The lowest BCUT2D eigenvalue weighted by atomic mass is 9.75. The third-order valence-electron chi connectivity index (χ3n) is 3.89. The first-order valence-corrected chi connectivity index (χ1v) is 8.14. The Balaban J connectivity index is 3.81. The molecule has 5 nitrogen and oxygen atoms in total. The summed E-state index contributed by atoms with van der Waals surface area (Å²) in [7, 11) is 0. The minimum absolute atomic E-state index is 0.0344. The third-order valence-corrected chi connectivity index (χ3v) is 3.89. The Kier molecular flexibility index (Phi) is 5.41. The summed E-state index contributed by atoms with van der Waals surface area (Å²) in [6.07, 6.45) is -0.933. The average molecular weight is 331 g/mol. The van der Waals surface area contributed by atoms with Crippen molar-refractivity contribution in [3.63, 3.8) is 0 Å². The number of amides is 1. The average Bonchev–Trinajstić information content (AvgIpc) is 2.34. The van der Waals surface area contributed by atoms with Gasteiger partial charge in [-0.2, -0.15) is 0 Å². The first kappa shape index (κ1) is 20.0. The summed E-state index contributed by atoms with van der Waals surface area (Å²) < 4.78 is 5.48. The quantitative estimate of drug-likeness (QED) is 0.340. The molecule has 0 saturated heterocycles. The van der Waals surface area contributed by atoms with Gasteiger partial charge in [-0.1, -0.05) is 74.4 Å². The number of hydrogen-bond donors (Lipinski definition) is 0. The first-order valence-electron chi connectivity index (χ1n) is 8.14.